The molecule has 2 heterocycles. The first-order valence-electron chi connectivity index (χ1n) is 6.99. The Hall–Kier alpha value is -2.34. The third kappa shape index (κ3) is 2.59. The number of aromatic hydroxyl groups is 1. The van der Waals surface area contributed by atoms with Gasteiger partial charge in [0.15, 0.2) is 0 Å². The van der Waals surface area contributed by atoms with E-state index < -0.39 is 0 Å². The van der Waals surface area contributed by atoms with Crippen LogP contribution in [0.2, 0.25) is 0 Å². The molecule has 1 aliphatic rings. The number of carbonyl (C=O) groups excluding carboxylic acids is 1. The van der Waals surface area contributed by atoms with Gasteiger partial charge in [0, 0.05) is 21.2 Å². The van der Waals surface area contributed by atoms with Crippen molar-refractivity contribution in [3.05, 3.63) is 45.1 Å². The van der Waals surface area contributed by atoms with Crippen molar-refractivity contribution in [1.29, 1.82) is 0 Å². The van der Waals surface area contributed by atoms with Crippen LogP contribution in [0.5, 0.6) is 11.5 Å². The summed E-state index contributed by atoms with van der Waals surface area (Å²) in [7, 11) is 1.58. The summed E-state index contributed by atoms with van der Waals surface area (Å²) < 4.78 is 6.22. The molecule has 0 bridgehead atoms. The number of amides is 1. The van der Waals surface area contributed by atoms with Crippen LogP contribution in [-0.4, -0.2) is 23.1 Å². The van der Waals surface area contributed by atoms with Crippen LogP contribution in [0.1, 0.15) is 22.4 Å². The van der Waals surface area contributed by atoms with E-state index in [2.05, 4.69) is 26.2 Å². The molecule has 1 aromatic carbocycles. The summed E-state index contributed by atoms with van der Waals surface area (Å²) in [4.78, 5) is 16.6. The van der Waals surface area contributed by atoms with E-state index in [0.717, 1.165) is 10.0 Å². The lowest BCUT2D eigenvalue weighted by molar-refractivity contribution is -0.110. The van der Waals surface area contributed by atoms with E-state index >= 15 is 0 Å². The van der Waals surface area contributed by atoms with Crippen molar-refractivity contribution in [2.75, 3.05) is 12.4 Å². The zero-order valence-electron chi connectivity index (χ0n) is 12.9. The number of nitrogens with one attached hydrogen (secondary N) is 1. The van der Waals surface area contributed by atoms with Gasteiger partial charge in [0.05, 0.1) is 18.4 Å². The lowest BCUT2D eigenvalue weighted by Crippen LogP contribution is -2.04. The molecule has 0 fully saturated rings. The molecular formula is C17H15BrN2O3. The van der Waals surface area contributed by atoms with Crippen LogP contribution >= 0.6 is 15.9 Å². The van der Waals surface area contributed by atoms with Crippen molar-refractivity contribution in [1.82, 2.24) is 4.98 Å². The van der Waals surface area contributed by atoms with E-state index in [9.17, 15) is 9.90 Å². The van der Waals surface area contributed by atoms with Gasteiger partial charge in [-0.15, -0.1) is 0 Å². The molecule has 0 spiro atoms. The fourth-order valence-electron chi connectivity index (χ4n) is 2.66. The van der Waals surface area contributed by atoms with E-state index in [4.69, 9.17) is 4.74 Å². The lowest BCUT2D eigenvalue weighted by Gasteiger charge is -2.09. The van der Waals surface area contributed by atoms with Gasteiger partial charge in [-0.05, 0) is 38.1 Å². The Balaban J connectivity index is 2.22. The van der Waals surface area contributed by atoms with Crippen LogP contribution in [0.25, 0.3) is 11.6 Å². The van der Waals surface area contributed by atoms with Crippen molar-refractivity contribution >= 4 is 39.3 Å². The fourth-order valence-corrected chi connectivity index (χ4v) is 3.04. The minimum Gasteiger partial charge on any atom is -0.506 e. The van der Waals surface area contributed by atoms with Crippen LogP contribution in [0.4, 0.5) is 5.82 Å². The summed E-state index contributed by atoms with van der Waals surface area (Å²) in [6.45, 7) is 3.48. The normalized spacial score (nSPS) is 14.8. The molecule has 1 amide bonds. The molecule has 2 aromatic rings. The van der Waals surface area contributed by atoms with E-state index in [1.54, 1.807) is 27.0 Å². The maximum Gasteiger partial charge on any atom is 0.257 e. The van der Waals surface area contributed by atoms with E-state index in [-0.39, 0.29) is 11.7 Å². The first kappa shape index (κ1) is 15.6. The number of aromatic nitrogens is 1. The number of halogens is 1. The van der Waals surface area contributed by atoms with Crippen LogP contribution in [0.3, 0.4) is 0 Å². The largest absolute Gasteiger partial charge is 0.506 e. The number of benzene rings is 1. The van der Waals surface area contributed by atoms with Gasteiger partial charge in [-0.25, -0.2) is 4.98 Å². The van der Waals surface area contributed by atoms with Crippen molar-refractivity contribution in [2.24, 2.45) is 0 Å². The number of hydrogen-bond acceptors (Lipinski definition) is 4. The molecule has 1 aromatic heterocycles. The highest BCUT2D eigenvalue weighted by Gasteiger charge is 2.29. The molecule has 0 saturated heterocycles. The van der Waals surface area contributed by atoms with E-state index in [1.165, 1.54) is 0 Å². The summed E-state index contributed by atoms with van der Waals surface area (Å²) >= 11 is 3.42. The van der Waals surface area contributed by atoms with Crippen LogP contribution in [0.15, 0.2) is 22.7 Å². The SMILES string of the molecule is COc1ccc(Br)cc1/C=C1\C(=O)Nc2nc(C)c(O)c(C)c21. The van der Waals surface area contributed by atoms with Gasteiger partial charge >= 0.3 is 0 Å². The second kappa shape index (κ2) is 5.70. The number of fused-ring (bicyclic) bond motifs is 1. The molecule has 5 nitrogen and oxygen atoms in total. The molecule has 2 N–H and O–H groups in total. The van der Waals surface area contributed by atoms with Crippen molar-refractivity contribution in [2.45, 2.75) is 13.8 Å². The molecule has 0 radical (unpaired) electrons. The molecule has 23 heavy (non-hydrogen) atoms. The Bertz CT molecular complexity index is 859. The zero-order chi connectivity index (χ0) is 16.7. The summed E-state index contributed by atoms with van der Waals surface area (Å²) in [5.74, 6) is 0.988. The number of aryl methyl sites for hydroxylation is 1. The molecule has 0 unspecified atom stereocenters. The predicted octanol–water partition coefficient (Wildman–Crippen LogP) is 3.67. The van der Waals surface area contributed by atoms with Crippen LogP contribution in [-0.2, 0) is 4.79 Å². The van der Waals surface area contributed by atoms with Crippen molar-refractivity contribution in [3.8, 4) is 11.5 Å². The van der Waals surface area contributed by atoms with E-state index in [1.807, 2.05) is 18.2 Å². The average Bonchev–Trinajstić information content (AvgIpc) is 2.81. The zero-order valence-corrected chi connectivity index (χ0v) is 14.5. The van der Waals surface area contributed by atoms with Gasteiger partial charge in [0.2, 0.25) is 0 Å². The van der Waals surface area contributed by atoms with Crippen LogP contribution < -0.4 is 10.1 Å². The quantitative estimate of drug-likeness (QED) is 0.786. The molecule has 6 heteroatoms. The topological polar surface area (TPSA) is 71.5 Å². The lowest BCUT2D eigenvalue weighted by atomic mass is 10.00. The fraction of sp³-hybridized carbons (Fsp3) is 0.176. The first-order chi connectivity index (χ1) is 10.9. The Morgan fingerprint density at radius 3 is 2.78 bits per heavy atom. The maximum absolute atomic E-state index is 12.3. The highest BCUT2D eigenvalue weighted by Crippen LogP contribution is 2.40. The number of anilines is 1. The van der Waals surface area contributed by atoms with Crippen molar-refractivity contribution < 1.29 is 14.6 Å². The van der Waals surface area contributed by atoms with Gasteiger partial charge < -0.3 is 15.2 Å². The second-order valence-corrected chi connectivity index (χ2v) is 6.21. The van der Waals surface area contributed by atoms with Gasteiger partial charge in [0.1, 0.15) is 17.3 Å². The number of nitrogens with zero attached hydrogens (tertiary/aromatic N) is 1. The van der Waals surface area contributed by atoms with E-state index in [0.29, 0.717) is 34.0 Å². The third-order valence-corrected chi connectivity index (χ3v) is 4.32. The molecule has 0 atom stereocenters. The molecular weight excluding hydrogens is 360 g/mol. The molecule has 0 aliphatic carbocycles. The molecule has 3 rings (SSSR count). The predicted molar refractivity (Wildman–Crippen MR) is 92.6 cm³/mol. The summed E-state index contributed by atoms with van der Waals surface area (Å²) in [6.07, 6.45) is 1.74. The monoisotopic (exact) mass is 374 g/mol. The number of rotatable bonds is 2. The standard InChI is InChI=1S/C17H15BrN2O3/c1-8-14-12(7-10-6-11(18)4-5-13(10)23-3)17(22)20-16(14)19-9(2)15(8)21/h4-7,21H,1-3H3,(H,19,20,22)/b12-7-. The Kier molecular flexibility index (Phi) is 3.85. The second-order valence-electron chi connectivity index (χ2n) is 5.29. The smallest absolute Gasteiger partial charge is 0.257 e. The maximum atomic E-state index is 12.3. The third-order valence-electron chi connectivity index (χ3n) is 3.83. The van der Waals surface area contributed by atoms with Gasteiger partial charge in [-0.1, -0.05) is 15.9 Å². The Morgan fingerprint density at radius 1 is 1.35 bits per heavy atom. The first-order valence-corrected chi connectivity index (χ1v) is 7.78. The molecule has 1 aliphatic heterocycles. The van der Waals surface area contributed by atoms with Gasteiger partial charge in [0.25, 0.3) is 5.91 Å². The highest BCUT2D eigenvalue weighted by atomic mass is 79.9. The molecule has 0 saturated carbocycles. The summed E-state index contributed by atoms with van der Waals surface area (Å²) in [5, 5.41) is 12.9. The van der Waals surface area contributed by atoms with Crippen molar-refractivity contribution in [3.63, 3.8) is 0 Å². The van der Waals surface area contributed by atoms with Crippen LogP contribution in [0, 0.1) is 13.8 Å². The Labute approximate surface area is 142 Å². The highest BCUT2D eigenvalue weighted by molar-refractivity contribution is 9.10. The minimum atomic E-state index is -0.248. The number of ether oxygens (including phenoxy) is 1. The number of methoxy groups -OCH3 is 1. The van der Waals surface area contributed by atoms with Gasteiger partial charge in [-0.3, -0.25) is 4.79 Å². The number of hydrogen-bond donors (Lipinski definition) is 2. The number of carbonyl (C=O) groups is 1. The van der Waals surface area contributed by atoms with Gasteiger partial charge in [-0.2, -0.15) is 0 Å². The number of pyridine rings is 1. The summed E-state index contributed by atoms with van der Waals surface area (Å²) in [6, 6.07) is 5.56. The molecule has 118 valence electrons. The average molecular weight is 375 g/mol. The summed E-state index contributed by atoms with van der Waals surface area (Å²) in [5.41, 5.74) is 2.96. The Morgan fingerprint density at radius 2 is 2.09 bits per heavy atom. The minimum absolute atomic E-state index is 0.104.